The number of rotatable bonds is 5. The first-order valence-electron chi connectivity index (χ1n) is 11.6. The zero-order valence-electron chi connectivity index (χ0n) is 19.4. The van der Waals surface area contributed by atoms with Gasteiger partial charge in [-0.05, 0) is 63.4 Å². The average Bonchev–Trinajstić information content (AvgIpc) is 3.46. The van der Waals surface area contributed by atoms with Crippen molar-refractivity contribution < 1.29 is 28.6 Å². The van der Waals surface area contributed by atoms with E-state index in [-0.39, 0.29) is 36.0 Å². The molecular weight excluding hydrogens is 424 g/mol. The van der Waals surface area contributed by atoms with Crippen LogP contribution in [0.4, 0.5) is 0 Å². The third-order valence-electron chi connectivity index (χ3n) is 7.99. The Hall–Kier alpha value is -2.71. The maximum absolute atomic E-state index is 13.3. The summed E-state index contributed by atoms with van der Waals surface area (Å²) in [6.07, 6.45) is 2.29. The Morgan fingerprint density at radius 3 is 2.36 bits per heavy atom. The SMILES string of the molecule is COC(CN1CCC2(CC1)CCN(C1=C(C)C(=O)OC1)C2=O)c1ccc2c(c1C)COC2=O. The van der Waals surface area contributed by atoms with E-state index in [0.717, 1.165) is 61.3 Å². The molecule has 8 nitrogen and oxygen atoms in total. The highest BCUT2D eigenvalue weighted by Crippen LogP contribution is 2.44. The summed E-state index contributed by atoms with van der Waals surface area (Å²) >= 11 is 0. The molecule has 1 spiro atoms. The lowest BCUT2D eigenvalue weighted by atomic mass is 9.77. The molecule has 0 aromatic heterocycles. The van der Waals surface area contributed by atoms with Crippen LogP contribution in [0.25, 0.3) is 0 Å². The minimum atomic E-state index is -0.348. The van der Waals surface area contributed by atoms with Crippen LogP contribution < -0.4 is 0 Å². The van der Waals surface area contributed by atoms with Gasteiger partial charge in [-0.15, -0.1) is 0 Å². The van der Waals surface area contributed by atoms with Crippen LogP contribution in [0.3, 0.4) is 0 Å². The zero-order chi connectivity index (χ0) is 23.3. The summed E-state index contributed by atoms with van der Waals surface area (Å²) in [4.78, 5) is 41.1. The number of benzene rings is 1. The highest BCUT2D eigenvalue weighted by atomic mass is 16.5. The van der Waals surface area contributed by atoms with Crippen LogP contribution in [0.15, 0.2) is 23.4 Å². The van der Waals surface area contributed by atoms with E-state index >= 15 is 0 Å². The Morgan fingerprint density at radius 2 is 1.70 bits per heavy atom. The minimum absolute atomic E-state index is 0.120. The molecule has 5 rings (SSSR count). The number of esters is 2. The van der Waals surface area contributed by atoms with Crippen molar-refractivity contribution in [2.75, 3.05) is 39.9 Å². The smallest absolute Gasteiger partial charge is 0.338 e. The highest BCUT2D eigenvalue weighted by molar-refractivity contribution is 5.94. The summed E-state index contributed by atoms with van der Waals surface area (Å²) in [6, 6.07) is 3.81. The number of likely N-dealkylation sites (tertiary alicyclic amines) is 2. The Labute approximate surface area is 193 Å². The molecule has 0 saturated carbocycles. The van der Waals surface area contributed by atoms with Gasteiger partial charge in [0.15, 0.2) is 0 Å². The lowest BCUT2D eigenvalue weighted by molar-refractivity contribution is -0.138. The van der Waals surface area contributed by atoms with Crippen molar-refractivity contribution in [2.24, 2.45) is 5.41 Å². The molecule has 0 aliphatic carbocycles. The molecule has 2 fully saturated rings. The van der Waals surface area contributed by atoms with E-state index in [2.05, 4.69) is 4.90 Å². The number of carbonyl (C=O) groups is 3. The first-order valence-corrected chi connectivity index (χ1v) is 11.6. The molecule has 4 aliphatic rings. The minimum Gasteiger partial charge on any atom is -0.457 e. The molecule has 8 heteroatoms. The Bertz CT molecular complexity index is 1050. The van der Waals surface area contributed by atoms with E-state index in [1.54, 1.807) is 18.9 Å². The molecule has 2 saturated heterocycles. The zero-order valence-corrected chi connectivity index (χ0v) is 19.4. The molecule has 1 aromatic rings. The monoisotopic (exact) mass is 454 g/mol. The third-order valence-corrected chi connectivity index (χ3v) is 7.99. The Morgan fingerprint density at radius 1 is 1.00 bits per heavy atom. The molecule has 1 aromatic carbocycles. The molecule has 0 N–H and O–H groups in total. The van der Waals surface area contributed by atoms with E-state index < -0.39 is 0 Å². The second-order valence-electron chi connectivity index (χ2n) is 9.54. The number of amides is 1. The van der Waals surface area contributed by atoms with E-state index in [1.807, 2.05) is 19.1 Å². The van der Waals surface area contributed by atoms with Crippen molar-refractivity contribution in [1.29, 1.82) is 0 Å². The first-order chi connectivity index (χ1) is 15.8. The number of hydrogen-bond donors (Lipinski definition) is 0. The molecule has 1 unspecified atom stereocenters. The predicted molar refractivity (Wildman–Crippen MR) is 118 cm³/mol. The number of carbonyl (C=O) groups excluding carboxylic acids is 3. The van der Waals surface area contributed by atoms with Crippen LogP contribution in [-0.4, -0.2) is 67.5 Å². The van der Waals surface area contributed by atoms with Gasteiger partial charge in [0.1, 0.15) is 13.2 Å². The molecule has 176 valence electrons. The maximum Gasteiger partial charge on any atom is 0.338 e. The normalized spacial score (nSPS) is 23.4. The molecule has 1 atom stereocenters. The largest absolute Gasteiger partial charge is 0.457 e. The molecule has 0 radical (unpaired) electrons. The lowest BCUT2D eigenvalue weighted by Gasteiger charge is -2.39. The molecule has 0 bridgehead atoms. The van der Waals surface area contributed by atoms with Crippen LogP contribution in [0.1, 0.15) is 59.3 Å². The first kappa shape index (κ1) is 22.1. The van der Waals surface area contributed by atoms with Gasteiger partial charge >= 0.3 is 11.9 Å². The van der Waals surface area contributed by atoms with Crippen molar-refractivity contribution >= 4 is 17.8 Å². The van der Waals surface area contributed by atoms with Gasteiger partial charge in [-0.1, -0.05) is 6.07 Å². The standard InChI is InChI=1S/C25H30N2O6/c1-15-17(4-5-18-19(15)13-32-23(18)29)21(31-3)12-26-9-6-25(7-10-26)8-11-27(24(25)30)20-14-33-22(28)16(20)2/h4-5,21H,6-14H2,1-3H3. The van der Waals surface area contributed by atoms with Gasteiger partial charge < -0.3 is 24.0 Å². The van der Waals surface area contributed by atoms with Crippen LogP contribution in [-0.2, 0) is 30.4 Å². The van der Waals surface area contributed by atoms with Gasteiger partial charge in [-0.25, -0.2) is 9.59 Å². The molecule has 33 heavy (non-hydrogen) atoms. The number of hydrogen-bond acceptors (Lipinski definition) is 7. The number of cyclic esters (lactones) is 2. The van der Waals surface area contributed by atoms with E-state index in [0.29, 0.717) is 24.3 Å². The number of piperidine rings is 1. The lowest BCUT2D eigenvalue weighted by Crippen LogP contribution is -2.45. The fourth-order valence-corrected chi connectivity index (χ4v) is 5.71. The van der Waals surface area contributed by atoms with E-state index in [1.165, 1.54) is 0 Å². The van der Waals surface area contributed by atoms with Gasteiger partial charge in [-0.3, -0.25) is 4.79 Å². The molecule has 4 heterocycles. The van der Waals surface area contributed by atoms with Crippen LogP contribution in [0.2, 0.25) is 0 Å². The van der Waals surface area contributed by atoms with E-state index in [9.17, 15) is 14.4 Å². The van der Waals surface area contributed by atoms with Crippen LogP contribution in [0.5, 0.6) is 0 Å². The second-order valence-corrected chi connectivity index (χ2v) is 9.54. The summed E-state index contributed by atoms with van der Waals surface area (Å²) in [7, 11) is 1.71. The molecule has 4 aliphatic heterocycles. The molecule has 1 amide bonds. The van der Waals surface area contributed by atoms with Gasteiger partial charge in [0.25, 0.3) is 0 Å². The Kier molecular flexibility index (Phi) is 5.53. The number of ether oxygens (including phenoxy) is 3. The number of nitrogens with zero attached hydrogens (tertiary/aromatic N) is 2. The molecular formula is C25H30N2O6. The fourth-order valence-electron chi connectivity index (χ4n) is 5.71. The van der Waals surface area contributed by atoms with Crippen molar-refractivity contribution in [2.45, 2.75) is 45.8 Å². The highest BCUT2D eigenvalue weighted by Gasteiger charge is 2.50. The van der Waals surface area contributed by atoms with Gasteiger partial charge in [-0.2, -0.15) is 0 Å². The summed E-state index contributed by atoms with van der Waals surface area (Å²) < 4.78 is 16.2. The summed E-state index contributed by atoms with van der Waals surface area (Å²) in [5.74, 6) is -0.445. The van der Waals surface area contributed by atoms with Gasteiger partial charge in [0, 0.05) is 25.8 Å². The van der Waals surface area contributed by atoms with Crippen LogP contribution >= 0.6 is 0 Å². The average molecular weight is 455 g/mol. The topological polar surface area (TPSA) is 85.4 Å². The van der Waals surface area contributed by atoms with Crippen molar-refractivity contribution in [3.63, 3.8) is 0 Å². The summed E-state index contributed by atoms with van der Waals surface area (Å²) in [6.45, 7) is 7.29. The number of methoxy groups -OCH3 is 1. The van der Waals surface area contributed by atoms with Crippen molar-refractivity contribution in [3.05, 3.63) is 45.7 Å². The van der Waals surface area contributed by atoms with Crippen molar-refractivity contribution in [1.82, 2.24) is 9.80 Å². The number of fused-ring (bicyclic) bond motifs is 1. The van der Waals surface area contributed by atoms with Crippen molar-refractivity contribution in [3.8, 4) is 0 Å². The maximum atomic E-state index is 13.3. The summed E-state index contributed by atoms with van der Waals surface area (Å²) in [5, 5.41) is 0. The fraction of sp³-hybridized carbons (Fsp3) is 0.560. The predicted octanol–water partition coefficient (Wildman–Crippen LogP) is 2.50. The quantitative estimate of drug-likeness (QED) is 0.632. The van der Waals surface area contributed by atoms with E-state index in [4.69, 9.17) is 14.2 Å². The summed E-state index contributed by atoms with van der Waals surface area (Å²) in [5.41, 5.74) is 4.67. The van der Waals surface area contributed by atoms with Crippen LogP contribution in [0, 0.1) is 12.3 Å². The third kappa shape index (κ3) is 3.56. The second kappa shape index (κ2) is 8.25. The van der Waals surface area contributed by atoms with Gasteiger partial charge in [0.05, 0.1) is 28.4 Å². The Balaban J connectivity index is 1.25. The van der Waals surface area contributed by atoms with Gasteiger partial charge in [0.2, 0.25) is 5.91 Å².